The van der Waals surface area contributed by atoms with E-state index in [9.17, 15) is 9.59 Å². The molecule has 2 atom stereocenters. The van der Waals surface area contributed by atoms with Gasteiger partial charge in [0, 0.05) is 17.4 Å². The maximum Gasteiger partial charge on any atom is 0.411 e. The number of benzene rings is 1. The van der Waals surface area contributed by atoms with Crippen molar-refractivity contribution in [1.29, 1.82) is 0 Å². The first-order valence-electron chi connectivity index (χ1n) is 8.85. The molecule has 1 aliphatic rings. The first kappa shape index (κ1) is 19.2. The summed E-state index contributed by atoms with van der Waals surface area (Å²) >= 11 is 2.12. The highest BCUT2D eigenvalue weighted by atomic mass is 127. The van der Waals surface area contributed by atoms with Crippen LogP contribution in [0.1, 0.15) is 45.9 Å². The van der Waals surface area contributed by atoms with Crippen molar-refractivity contribution in [1.82, 2.24) is 9.88 Å². The van der Waals surface area contributed by atoms with Gasteiger partial charge in [-0.15, -0.1) is 0 Å². The summed E-state index contributed by atoms with van der Waals surface area (Å²) in [6, 6.07) is 8.03. The first-order chi connectivity index (χ1) is 12.1. The third-order valence-corrected chi connectivity index (χ3v) is 5.45. The van der Waals surface area contributed by atoms with Crippen LogP contribution in [0, 0.1) is 0 Å². The Kier molecular flexibility index (Phi) is 4.83. The van der Waals surface area contributed by atoms with E-state index in [0.717, 1.165) is 22.2 Å². The van der Waals surface area contributed by atoms with E-state index in [4.69, 9.17) is 4.74 Å². The molecule has 0 radical (unpaired) electrons. The van der Waals surface area contributed by atoms with E-state index in [0.29, 0.717) is 13.0 Å². The predicted molar refractivity (Wildman–Crippen MR) is 111 cm³/mol. The lowest BCUT2D eigenvalue weighted by molar-refractivity contribution is -0.130. The molecule has 0 saturated carbocycles. The number of carbonyl (C=O) groups excluding carboxylic acids is 2. The fourth-order valence-corrected chi connectivity index (χ4v) is 4.30. The van der Waals surface area contributed by atoms with Crippen LogP contribution >= 0.6 is 22.6 Å². The SMILES string of the molecule is CC(I)C(=O)C1(C)c2[nH]c3ccccc3c2CCN1C(=O)OC(C)(C)C. The topological polar surface area (TPSA) is 62.4 Å². The zero-order chi connectivity index (χ0) is 19.3. The molecule has 1 amide bonds. The lowest BCUT2D eigenvalue weighted by Gasteiger charge is -2.44. The molecule has 0 spiro atoms. The second-order valence-corrected chi connectivity index (χ2v) is 9.83. The smallest absolute Gasteiger partial charge is 0.411 e. The highest BCUT2D eigenvalue weighted by molar-refractivity contribution is 14.1. The number of halogens is 1. The number of nitrogens with one attached hydrogen (secondary N) is 1. The Labute approximate surface area is 167 Å². The van der Waals surface area contributed by atoms with Gasteiger partial charge in [-0.1, -0.05) is 40.8 Å². The van der Waals surface area contributed by atoms with Crippen molar-refractivity contribution in [2.75, 3.05) is 6.54 Å². The van der Waals surface area contributed by atoms with Crippen LogP contribution in [0.4, 0.5) is 4.79 Å². The normalized spacial score (nSPS) is 21.4. The fourth-order valence-electron chi connectivity index (χ4n) is 3.69. The van der Waals surface area contributed by atoms with Gasteiger partial charge in [0.25, 0.3) is 0 Å². The molecular formula is C20H25IN2O3. The van der Waals surface area contributed by atoms with Crippen LogP contribution in [0.2, 0.25) is 0 Å². The van der Waals surface area contributed by atoms with Crippen LogP contribution in [-0.2, 0) is 21.5 Å². The molecule has 6 heteroatoms. The zero-order valence-electron chi connectivity index (χ0n) is 15.9. The molecule has 3 rings (SSSR count). The van der Waals surface area contributed by atoms with Gasteiger partial charge < -0.3 is 9.72 Å². The summed E-state index contributed by atoms with van der Waals surface area (Å²) in [6.07, 6.45) is 0.242. The Morgan fingerprint density at radius 2 is 1.96 bits per heavy atom. The van der Waals surface area contributed by atoms with Gasteiger partial charge in [0.2, 0.25) is 0 Å². The largest absolute Gasteiger partial charge is 0.444 e. The van der Waals surface area contributed by atoms with Crippen LogP contribution in [0.15, 0.2) is 24.3 Å². The lowest BCUT2D eigenvalue weighted by atomic mass is 9.82. The van der Waals surface area contributed by atoms with E-state index < -0.39 is 17.2 Å². The van der Waals surface area contributed by atoms with E-state index in [2.05, 4.69) is 33.6 Å². The van der Waals surface area contributed by atoms with Crippen LogP contribution in [0.5, 0.6) is 0 Å². The minimum absolute atomic E-state index is 0.00327. The summed E-state index contributed by atoms with van der Waals surface area (Å²) in [5, 5.41) is 1.12. The standard InChI is InChI=1S/C20H25IN2O3/c1-12(21)17(24)20(5)16-14(13-8-6-7-9-15(13)22-16)10-11-23(20)18(25)26-19(2,3)4/h6-9,12,22H,10-11H2,1-5H3. The summed E-state index contributed by atoms with van der Waals surface area (Å²) in [7, 11) is 0. The van der Waals surface area contributed by atoms with Crippen molar-refractivity contribution < 1.29 is 14.3 Å². The Morgan fingerprint density at radius 1 is 1.31 bits per heavy atom. The number of H-pyrrole nitrogens is 1. The second kappa shape index (κ2) is 6.55. The number of carbonyl (C=O) groups is 2. The predicted octanol–water partition coefficient (Wildman–Crippen LogP) is 4.57. The van der Waals surface area contributed by atoms with Crippen molar-refractivity contribution in [3.63, 3.8) is 0 Å². The van der Waals surface area contributed by atoms with Gasteiger partial charge >= 0.3 is 6.09 Å². The molecule has 0 bridgehead atoms. The number of aromatic nitrogens is 1. The van der Waals surface area contributed by atoms with Gasteiger partial charge in [0.1, 0.15) is 11.1 Å². The average molecular weight is 468 g/mol. The van der Waals surface area contributed by atoms with E-state index in [1.54, 1.807) is 4.90 Å². The number of hydrogen-bond acceptors (Lipinski definition) is 3. The van der Waals surface area contributed by atoms with Gasteiger partial charge in [0.05, 0.1) is 9.62 Å². The molecule has 2 unspecified atom stereocenters. The second-order valence-electron chi connectivity index (χ2n) is 7.96. The summed E-state index contributed by atoms with van der Waals surface area (Å²) in [5.74, 6) is -0.00327. The highest BCUT2D eigenvalue weighted by Crippen LogP contribution is 2.41. The zero-order valence-corrected chi connectivity index (χ0v) is 18.0. The summed E-state index contributed by atoms with van der Waals surface area (Å²) in [5.41, 5.74) is 1.23. The number of Topliss-reactive ketones (excluding diaryl/α,β-unsaturated/α-hetero) is 1. The molecule has 140 valence electrons. The maximum absolute atomic E-state index is 13.3. The van der Waals surface area contributed by atoms with Gasteiger partial charge in [-0.3, -0.25) is 9.69 Å². The highest BCUT2D eigenvalue weighted by Gasteiger charge is 2.50. The summed E-state index contributed by atoms with van der Waals surface area (Å²) < 4.78 is 5.37. The molecule has 0 fully saturated rings. The quantitative estimate of drug-likeness (QED) is 0.519. The monoisotopic (exact) mass is 468 g/mol. The van der Waals surface area contributed by atoms with Crippen molar-refractivity contribution in [3.05, 3.63) is 35.5 Å². The number of fused-ring (bicyclic) bond motifs is 3. The minimum atomic E-state index is -1.07. The summed E-state index contributed by atoms with van der Waals surface area (Å²) in [6.45, 7) is 9.66. The first-order valence-corrected chi connectivity index (χ1v) is 10.1. The van der Waals surface area contributed by atoms with E-state index in [-0.39, 0.29) is 9.71 Å². The maximum atomic E-state index is 13.3. The number of ether oxygens (including phenoxy) is 1. The Bertz CT molecular complexity index is 866. The van der Waals surface area contributed by atoms with Crippen molar-refractivity contribution in [3.8, 4) is 0 Å². The Hall–Kier alpha value is -1.57. The molecule has 26 heavy (non-hydrogen) atoms. The lowest BCUT2D eigenvalue weighted by Crippen LogP contribution is -2.58. The Balaban J connectivity index is 2.16. The van der Waals surface area contributed by atoms with Crippen LogP contribution < -0.4 is 0 Å². The molecule has 2 aromatic rings. The van der Waals surface area contributed by atoms with Crippen LogP contribution in [0.25, 0.3) is 10.9 Å². The number of aromatic amines is 1. The van der Waals surface area contributed by atoms with Crippen LogP contribution in [-0.4, -0.2) is 37.8 Å². The number of alkyl halides is 1. The fraction of sp³-hybridized carbons (Fsp3) is 0.500. The average Bonchev–Trinajstić information content (AvgIpc) is 2.92. The van der Waals surface area contributed by atoms with Gasteiger partial charge in [-0.2, -0.15) is 0 Å². The number of ketones is 1. The summed E-state index contributed by atoms with van der Waals surface area (Å²) in [4.78, 5) is 31.2. The molecule has 0 aliphatic carbocycles. The van der Waals surface area contributed by atoms with E-state index in [1.165, 1.54) is 0 Å². The van der Waals surface area contributed by atoms with E-state index >= 15 is 0 Å². The third-order valence-electron chi connectivity index (χ3n) is 4.88. The van der Waals surface area contributed by atoms with Crippen LogP contribution in [0.3, 0.4) is 0 Å². The molecule has 1 aromatic heterocycles. The number of amides is 1. The number of para-hydroxylation sites is 1. The van der Waals surface area contributed by atoms with E-state index in [1.807, 2.05) is 52.8 Å². The molecule has 1 N–H and O–H groups in total. The molecule has 2 heterocycles. The molecule has 5 nitrogen and oxygen atoms in total. The van der Waals surface area contributed by atoms with Gasteiger partial charge in [-0.05, 0) is 52.7 Å². The number of nitrogens with zero attached hydrogens (tertiary/aromatic N) is 1. The molecule has 1 aliphatic heterocycles. The number of hydrogen-bond donors (Lipinski definition) is 1. The van der Waals surface area contributed by atoms with Crippen molar-refractivity contribution in [2.45, 2.75) is 56.1 Å². The van der Waals surface area contributed by atoms with Gasteiger partial charge in [-0.25, -0.2) is 4.79 Å². The number of rotatable bonds is 2. The molecular weight excluding hydrogens is 443 g/mol. The van der Waals surface area contributed by atoms with Crippen molar-refractivity contribution in [2.24, 2.45) is 0 Å². The molecule has 0 saturated heterocycles. The minimum Gasteiger partial charge on any atom is -0.444 e. The Morgan fingerprint density at radius 3 is 2.58 bits per heavy atom. The molecule has 1 aromatic carbocycles. The van der Waals surface area contributed by atoms with Gasteiger partial charge in [0.15, 0.2) is 5.78 Å². The third kappa shape index (κ3) is 3.12. The van der Waals surface area contributed by atoms with Crippen molar-refractivity contribution >= 4 is 45.4 Å².